The summed E-state index contributed by atoms with van der Waals surface area (Å²) in [7, 11) is 1.53. The molecule has 2 aromatic carbocycles. The molecule has 0 spiro atoms. The van der Waals surface area contributed by atoms with Crippen molar-refractivity contribution in [1.82, 2.24) is 0 Å². The Morgan fingerprint density at radius 3 is 2.60 bits per heavy atom. The minimum absolute atomic E-state index is 0.251. The van der Waals surface area contributed by atoms with Gasteiger partial charge in [0.05, 0.1) is 12.8 Å². The number of benzene rings is 2. The van der Waals surface area contributed by atoms with Crippen molar-refractivity contribution in [3.63, 3.8) is 0 Å². The van der Waals surface area contributed by atoms with Crippen LogP contribution in [0.25, 0.3) is 0 Å². The molecule has 0 aliphatic carbocycles. The zero-order valence-corrected chi connectivity index (χ0v) is 13.8. The van der Waals surface area contributed by atoms with Crippen molar-refractivity contribution in [3.05, 3.63) is 50.9 Å². The molecule has 3 N–H and O–H groups in total. The molecule has 0 fully saturated rings. The van der Waals surface area contributed by atoms with Gasteiger partial charge >= 0.3 is 0 Å². The first kappa shape index (κ1) is 14.9. The summed E-state index contributed by atoms with van der Waals surface area (Å²) >= 11 is 6.76. The van der Waals surface area contributed by atoms with Crippen LogP contribution >= 0.6 is 31.9 Å². The highest BCUT2D eigenvalue weighted by Gasteiger charge is 2.10. The molecule has 104 valence electrons. The Balaban J connectivity index is 2.26. The third kappa shape index (κ3) is 3.52. The average molecular weight is 400 g/mol. The summed E-state index contributed by atoms with van der Waals surface area (Å²) in [5, 5.41) is 2.81. The lowest BCUT2D eigenvalue weighted by molar-refractivity contribution is 0.102. The molecule has 0 heterocycles. The highest BCUT2D eigenvalue weighted by Crippen LogP contribution is 2.27. The topological polar surface area (TPSA) is 64.3 Å². The first-order valence-electron chi connectivity index (χ1n) is 5.70. The highest BCUT2D eigenvalue weighted by molar-refractivity contribution is 9.11. The second-order valence-corrected chi connectivity index (χ2v) is 5.84. The van der Waals surface area contributed by atoms with E-state index >= 15 is 0 Å². The van der Waals surface area contributed by atoms with E-state index in [2.05, 4.69) is 37.2 Å². The number of rotatable bonds is 3. The maximum absolute atomic E-state index is 12.2. The van der Waals surface area contributed by atoms with Crippen LogP contribution in [0.4, 0.5) is 11.4 Å². The standard InChI is InChI=1S/C14H12Br2N2O2/c1-20-11-5-8(4-10(17)7-11)14(19)18-13-3-2-9(15)6-12(13)16/h2-7H,17H2,1H3,(H,18,19). The van der Waals surface area contributed by atoms with E-state index in [1.54, 1.807) is 24.3 Å². The lowest BCUT2D eigenvalue weighted by atomic mass is 10.1. The van der Waals surface area contributed by atoms with E-state index in [0.717, 1.165) is 8.95 Å². The Morgan fingerprint density at radius 2 is 1.95 bits per heavy atom. The number of hydrogen-bond donors (Lipinski definition) is 2. The van der Waals surface area contributed by atoms with Gasteiger partial charge in [0.25, 0.3) is 5.91 Å². The van der Waals surface area contributed by atoms with Crippen LogP contribution in [0.3, 0.4) is 0 Å². The van der Waals surface area contributed by atoms with E-state index in [4.69, 9.17) is 10.5 Å². The summed E-state index contributed by atoms with van der Waals surface area (Å²) < 4.78 is 6.81. The molecule has 0 saturated heterocycles. The number of carbonyl (C=O) groups is 1. The number of ether oxygens (including phenoxy) is 1. The lowest BCUT2D eigenvalue weighted by Crippen LogP contribution is -2.12. The molecule has 2 rings (SSSR count). The van der Waals surface area contributed by atoms with E-state index in [1.165, 1.54) is 7.11 Å². The molecule has 1 amide bonds. The minimum atomic E-state index is -0.251. The molecule has 0 bridgehead atoms. The van der Waals surface area contributed by atoms with Crippen molar-refractivity contribution in [2.45, 2.75) is 0 Å². The van der Waals surface area contributed by atoms with Crippen LogP contribution in [-0.4, -0.2) is 13.0 Å². The zero-order chi connectivity index (χ0) is 14.7. The molecule has 0 atom stereocenters. The fraction of sp³-hybridized carbons (Fsp3) is 0.0714. The molecule has 6 heteroatoms. The van der Waals surface area contributed by atoms with E-state index in [9.17, 15) is 4.79 Å². The first-order valence-corrected chi connectivity index (χ1v) is 7.29. The van der Waals surface area contributed by atoms with E-state index in [-0.39, 0.29) is 5.91 Å². The normalized spacial score (nSPS) is 10.2. The van der Waals surface area contributed by atoms with Gasteiger partial charge in [-0.05, 0) is 46.3 Å². The van der Waals surface area contributed by atoms with E-state index < -0.39 is 0 Å². The molecular formula is C14H12Br2N2O2. The van der Waals surface area contributed by atoms with Gasteiger partial charge in [0, 0.05) is 26.3 Å². The Labute approximate surface area is 133 Å². The number of hydrogen-bond acceptors (Lipinski definition) is 3. The Bertz CT molecular complexity index is 660. The van der Waals surface area contributed by atoms with Crippen LogP contribution in [0.5, 0.6) is 5.75 Å². The summed E-state index contributed by atoms with van der Waals surface area (Å²) in [6.45, 7) is 0. The number of nitrogen functional groups attached to an aromatic ring is 1. The first-order chi connectivity index (χ1) is 9.49. The van der Waals surface area contributed by atoms with E-state index in [0.29, 0.717) is 22.7 Å². The van der Waals surface area contributed by atoms with Crippen LogP contribution in [0.1, 0.15) is 10.4 Å². The largest absolute Gasteiger partial charge is 0.497 e. The van der Waals surface area contributed by atoms with Crippen LogP contribution in [-0.2, 0) is 0 Å². The summed E-state index contributed by atoms with van der Waals surface area (Å²) in [6.07, 6.45) is 0. The smallest absolute Gasteiger partial charge is 0.255 e. The average Bonchev–Trinajstić information content (AvgIpc) is 2.41. The molecule has 4 nitrogen and oxygen atoms in total. The maximum Gasteiger partial charge on any atom is 0.255 e. The minimum Gasteiger partial charge on any atom is -0.497 e. The van der Waals surface area contributed by atoms with Gasteiger partial charge < -0.3 is 15.8 Å². The van der Waals surface area contributed by atoms with Crippen LogP contribution in [0, 0.1) is 0 Å². The van der Waals surface area contributed by atoms with Crippen LogP contribution < -0.4 is 15.8 Å². The van der Waals surface area contributed by atoms with Crippen molar-refractivity contribution in [3.8, 4) is 5.75 Å². The van der Waals surface area contributed by atoms with Crippen LogP contribution in [0.2, 0.25) is 0 Å². The quantitative estimate of drug-likeness (QED) is 0.765. The number of anilines is 2. The maximum atomic E-state index is 12.2. The van der Waals surface area contributed by atoms with E-state index in [1.807, 2.05) is 12.1 Å². The Hall–Kier alpha value is -1.53. The molecule has 0 aromatic heterocycles. The van der Waals surface area contributed by atoms with Gasteiger partial charge in [0.2, 0.25) is 0 Å². The van der Waals surface area contributed by atoms with Crippen molar-refractivity contribution >= 4 is 49.1 Å². The third-order valence-electron chi connectivity index (χ3n) is 2.61. The monoisotopic (exact) mass is 398 g/mol. The molecule has 0 aliphatic rings. The van der Waals surface area contributed by atoms with Gasteiger partial charge in [0.1, 0.15) is 5.75 Å². The second kappa shape index (κ2) is 6.28. The predicted molar refractivity (Wildman–Crippen MR) is 87.2 cm³/mol. The molecule has 2 aromatic rings. The number of carbonyl (C=O) groups excluding carboxylic acids is 1. The van der Waals surface area contributed by atoms with Crippen molar-refractivity contribution in [2.24, 2.45) is 0 Å². The summed E-state index contributed by atoms with van der Waals surface area (Å²) in [4.78, 5) is 12.2. The SMILES string of the molecule is COc1cc(N)cc(C(=O)Nc2ccc(Br)cc2Br)c1. The lowest BCUT2D eigenvalue weighted by Gasteiger charge is -2.09. The fourth-order valence-corrected chi connectivity index (χ4v) is 2.80. The van der Waals surface area contributed by atoms with Gasteiger partial charge in [-0.25, -0.2) is 0 Å². The summed E-state index contributed by atoms with van der Waals surface area (Å²) in [5.41, 5.74) is 7.34. The highest BCUT2D eigenvalue weighted by atomic mass is 79.9. The Kier molecular flexibility index (Phi) is 4.67. The molecular weight excluding hydrogens is 388 g/mol. The van der Waals surface area contributed by atoms with Crippen LogP contribution in [0.15, 0.2) is 45.3 Å². The fourth-order valence-electron chi connectivity index (χ4n) is 1.66. The van der Waals surface area contributed by atoms with Gasteiger partial charge in [-0.2, -0.15) is 0 Å². The Morgan fingerprint density at radius 1 is 1.20 bits per heavy atom. The third-order valence-corrected chi connectivity index (χ3v) is 3.76. The zero-order valence-electron chi connectivity index (χ0n) is 10.6. The number of nitrogens with two attached hydrogens (primary N) is 1. The number of amides is 1. The predicted octanol–water partition coefficient (Wildman–Crippen LogP) is 4.05. The number of halogens is 2. The van der Waals surface area contributed by atoms with Crippen molar-refractivity contribution < 1.29 is 9.53 Å². The summed E-state index contributed by atoms with van der Waals surface area (Å²) in [5.74, 6) is 0.295. The van der Waals surface area contributed by atoms with Gasteiger partial charge in [-0.1, -0.05) is 15.9 Å². The summed E-state index contributed by atoms with van der Waals surface area (Å²) in [6, 6.07) is 10.4. The van der Waals surface area contributed by atoms with Crippen molar-refractivity contribution in [1.29, 1.82) is 0 Å². The molecule has 0 unspecified atom stereocenters. The van der Waals surface area contributed by atoms with Gasteiger partial charge in [0.15, 0.2) is 0 Å². The molecule has 20 heavy (non-hydrogen) atoms. The number of methoxy groups -OCH3 is 1. The molecule has 0 saturated carbocycles. The van der Waals surface area contributed by atoms with Gasteiger partial charge in [-0.3, -0.25) is 4.79 Å². The van der Waals surface area contributed by atoms with Gasteiger partial charge in [-0.15, -0.1) is 0 Å². The number of nitrogens with one attached hydrogen (secondary N) is 1. The second-order valence-electron chi connectivity index (χ2n) is 4.07. The molecule has 0 aliphatic heterocycles. The molecule has 0 radical (unpaired) electrons. The van der Waals surface area contributed by atoms with Crippen molar-refractivity contribution in [2.75, 3.05) is 18.2 Å².